The number of rotatable bonds is 0. The molecule has 43 valence electrons. The first kappa shape index (κ1) is 11.2. The fraction of sp³-hybridized carbons (Fsp3) is 0.500. The van der Waals surface area contributed by atoms with E-state index in [-0.39, 0.29) is 37.0 Å². The van der Waals surface area contributed by atoms with Crippen LogP contribution in [0.25, 0.3) is 0 Å². The second-order valence-corrected chi connectivity index (χ2v) is 1.36. The molecule has 4 nitrogen and oxygen atoms in total. The van der Waals surface area contributed by atoms with Gasteiger partial charge in [-0.05, 0) is 0 Å². The minimum Gasteiger partial charge on any atom is -0.299 e. The van der Waals surface area contributed by atoms with E-state index in [1.165, 1.54) is 0 Å². The Morgan fingerprint density at radius 1 is 1.38 bits per heavy atom. The Balaban J connectivity index is 0. The van der Waals surface area contributed by atoms with Crippen molar-refractivity contribution in [2.75, 3.05) is 0 Å². The third kappa shape index (κ3) is 2.66. The molecule has 1 rings (SSSR count). The van der Waals surface area contributed by atoms with Crippen molar-refractivity contribution < 1.29 is 17.4 Å². The van der Waals surface area contributed by atoms with Gasteiger partial charge in [-0.2, -0.15) is 4.21 Å². The van der Waals surface area contributed by atoms with Gasteiger partial charge in [0.25, 0.3) is 0 Å². The van der Waals surface area contributed by atoms with Crippen molar-refractivity contribution in [1.29, 1.82) is 0 Å². The third-order valence-corrected chi connectivity index (χ3v) is 0.816. The van der Waals surface area contributed by atoms with Gasteiger partial charge < -0.3 is 0 Å². The van der Waals surface area contributed by atoms with Crippen LogP contribution in [0.3, 0.4) is 0 Å². The zero-order chi connectivity index (χ0) is 4.57. The molecule has 0 saturated carbocycles. The molecule has 0 atom stereocenters. The standard InChI is InChI=1S/CO4S.CH4.Na/c2-1-4-6(3)5-1;;/h;1H4;. The van der Waals surface area contributed by atoms with E-state index in [1.54, 1.807) is 0 Å². The van der Waals surface area contributed by atoms with E-state index in [0.29, 0.717) is 0 Å². The first-order chi connectivity index (χ1) is 2.79. The summed E-state index contributed by atoms with van der Waals surface area (Å²) >= 11 is -1.77. The van der Waals surface area contributed by atoms with Crippen molar-refractivity contribution in [2.24, 2.45) is 0 Å². The van der Waals surface area contributed by atoms with E-state index in [2.05, 4.69) is 8.37 Å². The van der Waals surface area contributed by atoms with Gasteiger partial charge in [0.05, 0.1) is 0 Å². The molecule has 0 aliphatic carbocycles. The topological polar surface area (TPSA) is 52.6 Å². The van der Waals surface area contributed by atoms with Crippen LogP contribution < -0.4 is 0 Å². The monoisotopic (exact) mass is 147 g/mol. The van der Waals surface area contributed by atoms with Crippen LogP contribution in [-0.4, -0.2) is 39.9 Å². The minimum atomic E-state index is -1.77. The predicted octanol–water partition coefficient (Wildman–Crippen LogP) is -0.0128. The molecular formula is C2H4NaO4S. The van der Waals surface area contributed by atoms with E-state index in [1.807, 2.05) is 0 Å². The molecule has 1 heterocycles. The van der Waals surface area contributed by atoms with Crippen LogP contribution >= 0.6 is 0 Å². The van der Waals surface area contributed by atoms with Crippen LogP contribution in [0.4, 0.5) is 4.79 Å². The van der Waals surface area contributed by atoms with E-state index in [0.717, 1.165) is 0 Å². The summed E-state index contributed by atoms with van der Waals surface area (Å²) in [4.78, 5) is 9.47. The quantitative estimate of drug-likeness (QED) is 0.452. The molecule has 0 aromatic rings. The normalized spacial score (nSPS) is 15.8. The number of carbonyl (C=O) groups excluding carboxylic acids is 1. The van der Waals surface area contributed by atoms with Crippen LogP contribution in [0.2, 0.25) is 0 Å². The van der Waals surface area contributed by atoms with Crippen molar-refractivity contribution in [2.45, 2.75) is 7.43 Å². The Morgan fingerprint density at radius 3 is 1.75 bits per heavy atom. The molecule has 0 N–H and O–H groups in total. The molecule has 6 heteroatoms. The van der Waals surface area contributed by atoms with Crippen LogP contribution in [-0.2, 0) is 19.7 Å². The molecule has 0 aromatic carbocycles. The van der Waals surface area contributed by atoms with Gasteiger partial charge in [0.1, 0.15) is 0 Å². The Hall–Kier alpha value is 0.420. The van der Waals surface area contributed by atoms with Crippen LogP contribution in [0, 0.1) is 0 Å². The molecule has 0 spiro atoms. The summed E-state index contributed by atoms with van der Waals surface area (Å²) in [6.07, 6.45) is -0.867. The van der Waals surface area contributed by atoms with E-state index in [4.69, 9.17) is 0 Å². The average molecular weight is 147 g/mol. The maximum absolute atomic E-state index is 9.56. The second kappa shape index (κ2) is 4.31. The maximum Gasteiger partial charge on any atom is 0.541 e. The van der Waals surface area contributed by atoms with Crippen LogP contribution in [0.15, 0.2) is 0 Å². The van der Waals surface area contributed by atoms with E-state index >= 15 is 0 Å². The third-order valence-electron chi connectivity index (χ3n) is 0.272. The van der Waals surface area contributed by atoms with E-state index < -0.39 is 17.5 Å². The predicted molar refractivity (Wildman–Crippen MR) is 28.2 cm³/mol. The summed E-state index contributed by atoms with van der Waals surface area (Å²) in [7, 11) is 0. The van der Waals surface area contributed by atoms with Crippen molar-refractivity contribution >= 4 is 47.1 Å². The summed E-state index contributed by atoms with van der Waals surface area (Å²) in [6, 6.07) is 0. The fourth-order valence-electron chi connectivity index (χ4n) is 0.117. The SMILES string of the molecule is C.O=C1OS(=O)O1.[Na]. The molecule has 0 unspecified atom stereocenters. The molecule has 0 bridgehead atoms. The smallest absolute Gasteiger partial charge is 0.299 e. The van der Waals surface area contributed by atoms with Gasteiger partial charge >= 0.3 is 17.5 Å². The Morgan fingerprint density at radius 2 is 1.75 bits per heavy atom. The van der Waals surface area contributed by atoms with Gasteiger partial charge in [-0.25, -0.2) is 4.79 Å². The molecule has 0 amide bonds. The summed E-state index contributed by atoms with van der Waals surface area (Å²) < 4.78 is 17.1. The van der Waals surface area contributed by atoms with Crippen LogP contribution in [0.5, 0.6) is 0 Å². The number of hydrogen-bond donors (Lipinski definition) is 0. The van der Waals surface area contributed by atoms with Crippen molar-refractivity contribution in [3.05, 3.63) is 0 Å². The van der Waals surface area contributed by atoms with Crippen molar-refractivity contribution in [1.82, 2.24) is 0 Å². The van der Waals surface area contributed by atoms with Crippen molar-refractivity contribution in [3.63, 3.8) is 0 Å². The fourth-order valence-corrected chi connectivity index (χ4v) is 0.352. The number of hydrogen-bond acceptors (Lipinski definition) is 4. The molecule has 1 radical (unpaired) electrons. The molecule has 1 aliphatic rings. The van der Waals surface area contributed by atoms with Gasteiger partial charge in [-0.1, -0.05) is 7.43 Å². The van der Waals surface area contributed by atoms with E-state index in [9.17, 15) is 9.00 Å². The molecule has 8 heavy (non-hydrogen) atoms. The summed E-state index contributed by atoms with van der Waals surface area (Å²) in [5.74, 6) is 0. The number of carbonyl (C=O) groups is 1. The van der Waals surface area contributed by atoms with Gasteiger partial charge in [-0.3, -0.25) is 8.37 Å². The Bertz CT molecular complexity index is 90.6. The molecular weight excluding hydrogens is 143 g/mol. The van der Waals surface area contributed by atoms with Gasteiger partial charge in [0.2, 0.25) is 0 Å². The first-order valence-electron chi connectivity index (χ1n) is 1.11. The van der Waals surface area contributed by atoms with Crippen LogP contribution in [0.1, 0.15) is 7.43 Å². The zero-order valence-electron chi connectivity index (χ0n) is 3.54. The molecule has 1 saturated heterocycles. The Labute approximate surface area is 71.7 Å². The van der Waals surface area contributed by atoms with Crippen molar-refractivity contribution in [3.8, 4) is 0 Å². The first-order valence-corrected chi connectivity index (χ1v) is 2.11. The summed E-state index contributed by atoms with van der Waals surface area (Å²) in [6.45, 7) is 0. The second-order valence-electron chi connectivity index (χ2n) is 0.621. The van der Waals surface area contributed by atoms with Gasteiger partial charge in [0, 0.05) is 29.6 Å². The molecule has 1 aliphatic heterocycles. The maximum atomic E-state index is 9.56. The van der Waals surface area contributed by atoms with Gasteiger partial charge in [0.15, 0.2) is 0 Å². The average Bonchev–Trinajstić information content (AvgIpc) is 1.33. The minimum absolute atomic E-state index is 0. The molecule has 0 aromatic heterocycles. The Kier molecular flexibility index (Phi) is 6.06. The zero-order valence-corrected chi connectivity index (χ0v) is 6.36. The molecule has 1 fully saturated rings. The summed E-state index contributed by atoms with van der Waals surface area (Å²) in [5.41, 5.74) is 0. The van der Waals surface area contributed by atoms with Gasteiger partial charge in [-0.15, -0.1) is 0 Å². The summed E-state index contributed by atoms with van der Waals surface area (Å²) in [5, 5.41) is 0. The largest absolute Gasteiger partial charge is 0.541 e.